The average molecular weight is 216 g/mol. The molecule has 0 bridgehead atoms. The minimum absolute atomic E-state index is 0.218. The summed E-state index contributed by atoms with van der Waals surface area (Å²) in [5, 5.41) is 7.86. The molecule has 84 valence electrons. The van der Waals surface area contributed by atoms with Crippen molar-refractivity contribution in [2.24, 2.45) is 0 Å². The molecule has 1 aromatic rings. The van der Waals surface area contributed by atoms with Gasteiger partial charge in [0.2, 0.25) is 0 Å². The first-order chi connectivity index (χ1) is 7.60. The van der Waals surface area contributed by atoms with Gasteiger partial charge in [-0.3, -0.25) is 10.2 Å². The second-order valence-corrected chi connectivity index (χ2v) is 4.33. The van der Waals surface area contributed by atoms with Gasteiger partial charge in [0.1, 0.15) is 11.3 Å². The minimum Gasteiger partial charge on any atom is -0.309 e. The summed E-state index contributed by atoms with van der Waals surface area (Å²) in [5.41, 5.74) is 1.14. The quantitative estimate of drug-likeness (QED) is 0.826. The smallest absolute Gasteiger partial charge is 0.140 e. The van der Waals surface area contributed by atoms with Crippen molar-refractivity contribution < 1.29 is 4.79 Å². The zero-order valence-corrected chi connectivity index (χ0v) is 9.66. The van der Waals surface area contributed by atoms with E-state index in [0.29, 0.717) is 5.49 Å². The zero-order chi connectivity index (χ0) is 11.8. The predicted octanol–water partition coefficient (Wildman–Crippen LogP) is 2.08. The number of allylic oxidation sites excluding steroid dienone is 1. The van der Waals surface area contributed by atoms with E-state index in [1.54, 1.807) is 17.6 Å². The number of nitrogens with zero attached hydrogens (tertiary/aromatic N) is 1. The van der Waals surface area contributed by atoms with E-state index in [1.165, 1.54) is 0 Å². The van der Waals surface area contributed by atoms with Crippen LogP contribution in [0, 0.1) is 5.41 Å². The van der Waals surface area contributed by atoms with E-state index < -0.39 is 0 Å². The van der Waals surface area contributed by atoms with Crippen LogP contribution < -0.4 is 5.49 Å². The molecule has 1 aliphatic carbocycles. The van der Waals surface area contributed by atoms with Gasteiger partial charge in [-0.2, -0.15) is 0 Å². The van der Waals surface area contributed by atoms with E-state index in [2.05, 4.69) is 0 Å². The van der Waals surface area contributed by atoms with Crippen LogP contribution in [0.3, 0.4) is 0 Å². The number of pyridine rings is 1. The van der Waals surface area contributed by atoms with Crippen molar-refractivity contribution in [2.75, 3.05) is 0 Å². The summed E-state index contributed by atoms with van der Waals surface area (Å²) in [7, 11) is 0. The number of carbonyl (C=O) groups is 1. The molecule has 1 aliphatic rings. The minimum atomic E-state index is -0.273. The molecule has 16 heavy (non-hydrogen) atoms. The maximum atomic E-state index is 11.6. The van der Waals surface area contributed by atoms with Crippen molar-refractivity contribution >= 4 is 12.0 Å². The van der Waals surface area contributed by atoms with E-state index in [9.17, 15) is 4.79 Å². The normalized spacial score (nSPS) is 17.6. The number of aromatic nitrogens is 1. The summed E-state index contributed by atoms with van der Waals surface area (Å²) in [4.78, 5) is 11.6. The Kier molecular flexibility index (Phi) is 2.54. The van der Waals surface area contributed by atoms with Gasteiger partial charge in [-0.1, -0.05) is 6.08 Å². The van der Waals surface area contributed by atoms with E-state index in [-0.39, 0.29) is 11.2 Å². The van der Waals surface area contributed by atoms with Crippen LogP contribution in [0.4, 0.5) is 0 Å². The molecule has 1 N–H and O–H groups in total. The third-order valence-corrected chi connectivity index (χ3v) is 3.27. The number of Topliss-reactive ketones (excluding diaryl/α,β-unsaturated/α-hetero) is 1. The summed E-state index contributed by atoms with van der Waals surface area (Å²) in [5.74, 6) is 0.218. The van der Waals surface area contributed by atoms with Gasteiger partial charge < -0.3 is 4.57 Å². The summed E-state index contributed by atoms with van der Waals surface area (Å²) in [6.07, 6.45) is 7.42. The number of hydrogen-bond acceptors (Lipinski definition) is 2. The fourth-order valence-corrected chi connectivity index (χ4v) is 2.07. The van der Waals surface area contributed by atoms with Crippen molar-refractivity contribution in [3.63, 3.8) is 0 Å². The number of carbonyl (C=O) groups excluding carboxylic acids is 1. The summed E-state index contributed by atoms with van der Waals surface area (Å²) < 4.78 is 1.74. The lowest BCUT2D eigenvalue weighted by molar-refractivity contribution is -0.119. The molecule has 3 nitrogen and oxygen atoms in total. The second-order valence-electron chi connectivity index (χ2n) is 4.33. The number of hydrogen-bond donors (Lipinski definition) is 1. The molecule has 0 unspecified atom stereocenters. The van der Waals surface area contributed by atoms with E-state index >= 15 is 0 Å². The second kappa shape index (κ2) is 3.74. The Balaban J connectivity index is 2.43. The van der Waals surface area contributed by atoms with Gasteiger partial charge in [-0.05, 0) is 44.4 Å². The van der Waals surface area contributed by atoms with Crippen LogP contribution >= 0.6 is 0 Å². The highest BCUT2D eigenvalue weighted by Crippen LogP contribution is 2.48. The van der Waals surface area contributed by atoms with Gasteiger partial charge in [-0.25, -0.2) is 0 Å². The maximum absolute atomic E-state index is 11.6. The maximum Gasteiger partial charge on any atom is 0.140 e. The van der Waals surface area contributed by atoms with Crippen molar-refractivity contribution in [3.8, 4) is 0 Å². The van der Waals surface area contributed by atoms with Crippen molar-refractivity contribution in [3.05, 3.63) is 35.5 Å². The summed E-state index contributed by atoms with van der Waals surface area (Å²) >= 11 is 0. The number of rotatable bonds is 3. The average Bonchev–Trinajstić information content (AvgIpc) is 3.02. The molecule has 0 atom stereocenters. The molecule has 0 aliphatic heterocycles. The number of ketones is 1. The highest BCUT2D eigenvalue weighted by Gasteiger charge is 2.48. The third kappa shape index (κ3) is 1.62. The van der Waals surface area contributed by atoms with Gasteiger partial charge >= 0.3 is 0 Å². The molecule has 0 spiro atoms. The molecular formula is C13H16N2O. The Bertz CT molecular complexity index is 507. The highest BCUT2D eigenvalue weighted by atomic mass is 16.1. The Labute approximate surface area is 94.9 Å². The molecule has 1 fully saturated rings. The Morgan fingerprint density at radius 3 is 2.69 bits per heavy atom. The SMILES string of the molecule is C/C=C\n1ccc(C2(C(C)=O)CC2)cc1=N. The van der Waals surface area contributed by atoms with Crippen LogP contribution in [0.1, 0.15) is 32.3 Å². The first kappa shape index (κ1) is 10.9. The largest absolute Gasteiger partial charge is 0.309 e. The molecule has 0 aromatic carbocycles. The van der Waals surface area contributed by atoms with E-state index in [1.807, 2.05) is 31.5 Å². The Morgan fingerprint density at radius 1 is 1.56 bits per heavy atom. The van der Waals surface area contributed by atoms with Crippen LogP contribution in [0.2, 0.25) is 0 Å². The lowest BCUT2D eigenvalue weighted by Crippen LogP contribution is -2.22. The van der Waals surface area contributed by atoms with Crippen LogP contribution in [0.5, 0.6) is 0 Å². The standard InChI is InChI=1S/C13H16N2O/c1-3-7-15-8-4-11(9-12(15)14)13(5-6-13)10(2)16/h3-4,7-9,14H,5-6H2,1-2H3/b7-3-,14-12?. The lowest BCUT2D eigenvalue weighted by atomic mass is 9.93. The first-order valence-corrected chi connectivity index (χ1v) is 5.51. The van der Waals surface area contributed by atoms with Crippen molar-refractivity contribution in [1.29, 1.82) is 5.41 Å². The molecule has 1 saturated carbocycles. The zero-order valence-electron chi connectivity index (χ0n) is 9.66. The molecule has 1 aromatic heterocycles. The van der Waals surface area contributed by atoms with Crippen molar-refractivity contribution in [2.45, 2.75) is 32.1 Å². The Hall–Kier alpha value is -1.64. The van der Waals surface area contributed by atoms with Gasteiger partial charge in [0.05, 0.1) is 5.41 Å². The van der Waals surface area contributed by atoms with Gasteiger partial charge in [-0.15, -0.1) is 0 Å². The van der Waals surface area contributed by atoms with Gasteiger partial charge in [0.25, 0.3) is 0 Å². The predicted molar refractivity (Wildman–Crippen MR) is 62.9 cm³/mol. The number of nitrogens with one attached hydrogen (secondary N) is 1. The van der Waals surface area contributed by atoms with Crippen LogP contribution in [-0.2, 0) is 10.2 Å². The molecule has 0 radical (unpaired) electrons. The van der Waals surface area contributed by atoms with E-state index in [4.69, 9.17) is 5.41 Å². The van der Waals surface area contributed by atoms with Gasteiger partial charge in [0, 0.05) is 12.4 Å². The Morgan fingerprint density at radius 2 is 2.25 bits per heavy atom. The van der Waals surface area contributed by atoms with Crippen LogP contribution in [0.25, 0.3) is 6.20 Å². The summed E-state index contributed by atoms with van der Waals surface area (Å²) in [6.45, 7) is 3.56. The van der Waals surface area contributed by atoms with Crippen LogP contribution in [0.15, 0.2) is 24.4 Å². The molecule has 0 amide bonds. The van der Waals surface area contributed by atoms with Crippen LogP contribution in [-0.4, -0.2) is 10.4 Å². The fourth-order valence-electron chi connectivity index (χ4n) is 2.07. The molecule has 1 heterocycles. The lowest BCUT2D eigenvalue weighted by Gasteiger charge is -2.12. The molecular weight excluding hydrogens is 200 g/mol. The molecule has 2 rings (SSSR count). The topological polar surface area (TPSA) is 45.9 Å². The monoisotopic (exact) mass is 216 g/mol. The third-order valence-electron chi connectivity index (χ3n) is 3.27. The summed E-state index contributed by atoms with van der Waals surface area (Å²) in [6, 6.07) is 3.75. The van der Waals surface area contributed by atoms with Gasteiger partial charge in [0.15, 0.2) is 0 Å². The fraction of sp³-hybridized carbons (Fsp3) is 0.385. The molecule has 3 heteroatoms. The first-order valence-electron chi connectivity index (χ1n) is 5.51. The van der Waals surface area contributed by atoms with E-state index in [0.717, 1.165) is 18.4 Å². The van der Waals surface area contributed by atoms with Crippen molar-refractivity contribution in [1.82, 2.24) is 4.57 Å². The molecule has 0 saturated heterocycles. The highest BCUT2D eigenvalue weighted by molar-refractivity contribution is 5.91.